The third-order valence-electron chi connectivity index (χ3n) is 4.68. The minimum absolute atomic E-state index is 0.0766. The van der Waals surface area contributed by atoms with Crippen LogP contribution in [0.2, 0.25) is 0 Å². The van der Waals surface area contributed by atoms with E-state index in [-0.39, 0.29) is 11.3 Å². The summed E-state index contributed by atoms with van der Waals surface area (Å²) in [5, 5.41) is 0.976. The topological polar surface area (TPSA) is 9.23 Å². The Balaban J connectivity index is 2.06. The Kier molecular flexibility index (Phi) is 6.04. The lowest BCUT2D eigenvalue weighted by Crippen LogP contribution is -2.06. The van der Waals surface area contributed by atoms with Gasteiger partial charge in [-0.3, -0.25) is 0 Å². The number of rotatable bonds is 7. The highest BCUT2D eigenvalue weighted by Gasteiger charge is 2.17. The van der Waals surface area contributed by atoms with Gasteiger partial charge in [-0.25, -0.2) is 4.39 Å². The van der Waals surface area contributed by atoms with Crippen LogP contribution in [-0.4, -0.2) is 6.61 Å². The third-order valence-corrected chi connectivity index (χ3v) is 4.68. The van der Waals surface area contributed by atoms with E-state index in [1.54, 1.807) is 6.07 Å². The fourth-order valence-corrected chi connectivity index (χ4v) is 3.40. The zero-order valence-electron chi connectivity index (χ0n) is 15.6. The number of alkyl halides is 2. The van der Waals surface area contributed by atoms with E-state index < -0.39 is 12.4 Å². The molecule has 0 amide bonds. The second-order valence-electron chi connectivity index (χ2n) is 6.68. The highest BCUT2D eigenvalue weighted by atomic mass is 19.3. The van der Waals surface area contributed by atoms with Crippen LogP contribution in [0, 0.1) is 5.82 Å². The standard InChI is InChI=1S/C23H23F3O/c1-3-5-15-7-9-16(10-8-15)17-11-12-19-18(13-17)14-21(27-23(25)26)20(6-4-2)22(19)24/h7-14,23H,3-6H2,1-2H3. The van der Waals surface area contributed by atoms with Crippen molar-refractivity contribution in [2.45, 2.75) is 46.1 Å². The summed E-state index contributed by atoms with van der Waals surface area (Å²) in [5.74, 6) is -0.554. The van der Waals surface area contributed by atoms with Gasteiger partial charge in [-0.15, -0.1) is 0 Å². The van der Waals surface area contributed by atoms with Crippen molar-refractivity contribution in [2.24, 2.45) is 0 Å². The Hall–Kier alpha value is -2.49. The molecule has 0 N–H and O–H groups in total. The number of benzene rings is 3. The first-order valence-electron chi connectivity index (χ1n) is 9.32. The van der Waals surface area contributed by atoms with Crippen molar-refractivity contribution < 1.29 is 17.9 Å². The molecule has 0 heterocycles. The number of aryl methyl sites for hydroxylation is 1. The van der Waals surface area contributed by atoms with Gasteiger partial charge < -0.3 is 4.74 Å². The molecule has 0 bridgehead atoms. The zero-order chi connectivity index (χ0) is 19.4. The predicted octanol–water partition coefficient (Wildman–Crippen LogP) is 7.15. The summed E-state index contributed by atoms with van der Waals surface area (Å²) in [4.78, 5) is 0. The molecule has 142 valence electrons. The Morgan fingerprint density at radius 1 is 0.852 bits per heavy atom. The molecule has 0 spiro atoms. The molecule has 0 aliphatic heterocycles. The molecule has 0 atom stereocenters. The summed E-state index contributed by atoms with van der Waals surface area (Å²) in [7, 11) is 0. The molecule has 1 nitrogen and oxygen atoms in total. The van der Waals surface area contributed by atoms with Crippen LogP contribution < -0.4 is 4.74 Å². The van der Waals surface area contributed by atoms with Gasteiger partial charge in [0.05, 0.1) is 0 Å². The molecule has 0 aliphatic rings. The number of ether oxygens (including phenoxy) is 1. The quantitative estimate of drug-likeness (QED) is 0.428. The normalized spacial score (nSPS) is 11.3. The second-order valence-corrected chi connectivity index (χ2v) is 6.68. The van der Waals surface area contributed by atoms with E-state index in [1.807, 2.05) is 31.2 Å². The Bertz CT molecular complexity index is 917. The minimum Gasteiger partial charge on any atom is -0.434 e. The SMILES string of the molecule is CCCc1ccc(-c2ccc3c(F)c(CCC)c(OC(F)F)cc3c2)cc1. The van der Waals surface area contributed by atoms with Crippen molar-refractivity contribution >= 4 is 10.8 Å². The third kappa shape index (κ3) is 4.26. The molecule has 0 saturated carbocycles. The molecule has 0 aromatic heterocycles. The first-order valence-corrected chi connectivity index (χ1v) is 9.32. The zero-order valence-corrected chi connectivity index (χ0v) is 15.6. The van der Waals surface area contributed by atoms with E-state index in [4.69, 9.17) is 0 Å². The van der Waals surface area contributed by atoms with Gasteiger partial charge in [0.1, 0.15) is 11.6 Å². The van der Waals surface area contributed by atoms with Gasteiger partial charge >= 0.3 is 6.61 Å². The average molecular weight is 372 g/mol. The lowest BCUT2D eigenvalue weighted by atomic mass is 9.96. The molecule has 27 heavy (non-hydrogen) atoms. The van der Waals surface area contributed by atoms with Gasteiger partial charge in [-0.1, -0.05) is 63.1 Å². The molecule has 0 saturated heterocycles. The predicted molar refractivity (Wildman–Crippen MR) is 104 cm³/mol. The second kappa shape index (κ2) is 8.47. The fraction of sp³-hybridized carbons (Fsp3) is 0.304. The van der Waals surface area contributed by atoms with E-state index in [0.29, 0.717) is 23.6 Å². The van der Waals surface area contributed by atoms with E-state index in [9.17, 15) is 13.2 Å². The van der Waals surface area contributed by atoms with Crippen LogP contribution in [0.3, 0.4) is 0 Å². The lowest BCUT2D eigenvalue weighted by molar-refractivity contribution is -0.0505. The van der Waals surface area contributed by atoms with Crippen LogP contribution in [-0.2, 0) is 12.8 Å². The summed E-state index contributed by atoms with van der Waals surface area (Å²) in [6, 6.07) is 15.1. The number of hydrogen-bond acceptors (Lipinski definition) is 1. The number of halogens is 3. The van der Waals surface area contributed by atoms with Gasteiger partial charge in [0.2, 0.25) is 0 Å². The average Bonchev–Trinajstić information content (AvgIpc) is 2.65. The minimum atomic E-state index is -2.98. The van der Waals surface area contributed by atoms with Crippen LogP contribution in [0.15, 0.2) is 48.5 Å². The maximum absolute atomic E-state index is 14.9. The van der Waals surface area contributed by atoms with E-state index in [0.717, 1.165) is 24.0 Å². The summed E-state index contributed by atoms with van der Waals surface area (Å²) < 4.78 is 45.1. The van der Waals surface area contributed by atoms with Gasteiger partial charge in [0.25, 0.3) is 0 Å². The van der Waals surface area contributed by atoms with Crippen LogP contribution >= 0.6 is 0 Å². The summed E-state index contributed by atoms with van der Waals surface area (Å²) in [6.07, 6.45) is 3.11. The van der Waals surface area contributed by atoms with Crippen molar-refractivity contribution in [2.75, 3.05) is 0 Å². The highest BCUT2D eigenvalue weighted by Crippen LogP contribution is 2.34. The van der Waals surface area contributed by atoms with Crippen molar-refractivity contribution in [1.82, 2.24) is 0 Å². The maximum Gasteiger partial charge on any atom is 0.387 e. The van der Waals surface area contributed by atoms with Crippen molar-refractivity contribution in [1.29, 1.82) is 0 Å². The van der Waals surface area contributed by atoms with Crippen LogP contribution in [0.5, 0.6) is 5.75 Å². The van der Waals surface area contributed by atoms with E-state index >= 15 is 0 Å². The van der Waals surface area contributed by atoms with Crippen LogP contribution in [0.25, 0.3) is 21.9 Å². The molecule has 3 aromatic rings. The first-order chi connectivity index (χ1) is 13.0. The van der Waals surface area contributed by atoms with Gasteiger partial charge in [-0.2, -0.15) is 8.78 Å². The maximum atomic E-state index is 14.9. The first kappa shape index (κ1) is 19.3. The molecular formula is C23H23F3O. The summed E-state index contributed by atoms with van der Waals surface area (Å²) >= 11 is 0. The molecule has 4 heteroatoms. The monoisotopic (exact) mass is 372 g/mol. The Morgan fingerprint density at radius 2 is 1.52 bits per heavy atom. The van der Waals surface area contributed by atoms with Crippen LogP contribution in [0.1, 0.15) is 37.8 Å². The van der Waals surface area contributed by atoms with E-state index in [2.05, 4.69) is 23.8 Å². The van der Waals surface area contributed by atoms with Gasteiger partial charge in [0, 0.05) is 10.9 Å². The Morgan fingerprint density at radius 3 is 2.15 bits per heavy atom. The Labute approximate surface area is 157 Å². The molecular weight excluding hydrogens is 349 g/mol. The number of hydrogen-bond donors (Lipinski definition) is 0. The molecule has 0 radical (unpaired) electrons. The fourth-order valence-electron chi connectivity index (χ4n) is 3.40. The van der Waals surface area contributed by atoms with Gasteiger partial charge in [-0.05, 0) is 47.1 Å². The number of fused-ring (bicyclic) bond motifs is 1. The van der Waals surface area contributed by atoms with Gasteiger partial charge in [0.15, 0.2) is 0 Å². The summed E-state index contributed by atoms with van der Waals surface area (Å²) in [6.45, 7) is 1.03. The molecule has 0 fully saturated rings. The van der Waals surface area contributed by atoms with Crippen molar-refractivity contribution in [3.8, 4) is 16.9 Å². The van der Waals surface area contributed by atoms with Crippen molar-refractivity contribution in [3.05, 3.63) is 65.5 Å². The molecule has 0 unspecified atom stereocenters. The van der Waals surface area contributed by atoms with E-state index in [1.165, 1.54) is 11.6 Å². The largest absolute Gasteiger partial charge is 0.434 e. The highest BCUT2D eigenvalue weighted by molar-refractivity contribution is 5.90. The summed E-state index contributed by atoms with van der Waals surface area (Å²) in [5.41, 5.74) is 3.40. The van der Waals surface area contributed by atoms with Crippen molar-refractivity contribution in [3.63, 3.8) is 0 Å². The molecule has 0 aliphatic carbocycles. The lowest BCUT2D eigenvalue weighted by Gasteiger charge is -2.14. The van der Waals surface area contributed by atoms with Crippen LogP contribution in [0.4, 0.5) is 13.2 Å². The molecule has 3 rings (SSSR count). The smallest absolute Gasteiger partial charge is 0.387 e. The molecule has 3 aromatic carbocycles.